The minimum absolute atomic E-state index is 0.126. The van der Waals surface area contributed by atoms with E-state index in [0.717, 1.165) is 22.2 Å². The van der Waals surface area contributed by atoms with Crippen LogP contribution in [0.2, 0.25) is 0 Å². The SMILES string of the molecule is CCOC(=O)c1oc2ccccc2c1CSc1nc2ccccc2c(=O)n1-c1ccccc1C(C)C. The Kier molecular flexibility index (Phi) is 6.65. The molecule has 3 aromatic carbocycles. The number of hydrogen-bond donors (Lipinski definition) is 0. The van der Waals surface area contributed by atoms with Gasteiger partial charge in [-0.3, -0.25) is 9.36 Å². The number of rotatable bonds is 7. The lowest BCUT2D eigenvalue weighted by atomic mass is 10.0. The molecule has 2 heterocycles. The van der Waals surface area contributed by atoms with E-state index in [1.807, 2.05) is 66.7 Å². The van der Waals surface area contributed by atoms with Crippen molar-refractivity contribution < 1.29 is 13.9 Å². The van der Waals surface area contributed by atoms with Gasteiger partial charge in [0.2, 0.25) is 5.76 Å². The fourth-order valence-corrected chi connectivity index (χ4v) is 5.37. The van der Waals surface area contributed by atoms with Crippen molar-refractivity contribution in [2.75, 3.05) is 6.61 Å². The molecule has 0 atom stereocenters. The highest BCUT2D eigenvalue weighted by Gasteiger charge is 2.23. The molecule has 0 unspecified atom stereocenters. The summed E-state index contributed by atoms with van der Waals surface area (Å²) in [7, 11) is 0. The molecular weight excluding hydrogens is 472 g/mol. The van der Waals surface area contributed by atoms with Gasteiger partial charge in [-0.05, 0) is 42.7 Å². The monoisotopic (exact) mass is 498 g/mol. The van der Waals surface area contributed by atoms with E-state index < -0.39 is 5.97 Å². The third-order valence-corrected chi connectivity index (χ3v) is 7.01. The zero-order valence-corrected chi connectivity index (χ0v) is 21.2. The number of nitrogens with zero attached hydrogens (tertiary/aromatic N) is 2. The summed E-state index contributed by atoms with van der Waals surface area (Å²) in [4.78, 5) is 31.3. The van der Waals surface area contributed by atoms with Crippen LogP contribution in [0.15, 0.2) is 87.2 Å². The van der Waals surface area contributed by atoms with Gasteiger partial charge in [0.25, 0.3) is 5.56 Å². The second-order valence-corrected chi connectivity index (χ2v) is 9.62. The molecule has 0 N–H and O–H groups in total. The third-order valence-electron chi connectivity index (χ3n) is 6.05. The number of aromatic nitrogens is 2. The maximum atomic E-state index is 13.8. The molecule has 182 valence electrons. The Bertz CT molecular complexity index is 1630. The molecular formula is C29H26N2O4S. The van der Waals surface area contributed by atoms with Crippen LogP contribution in [-0.4, -0.2) is 22.1 Å². The topological polar surface area (TPSA) is 74.3 Å². The van der Waals surface area contributed by atoms with E-state index in [1.165, 1.54) is 11.8 Å². The summed E-state index contributed by atoms with van der Waals surface area (Å²) in [5, 5.41) is 1.94. The number of hydrogen-bond acceptors (Lipinski definition) is 6. The van der Waals surface area contributed by atoms with E-state index >= 15 is 0 Å². The Balaban J connectivity index is 1.67. The maximum absolute atomic E-state index is 13.8. The van der Waals surface area contributed by atoms with Crippen molar-refractivity contribution in [3.05, 3.63) is 100 Å². The first-order valence-electron chi connectivity index (χ1n) is 11.9. The first kappa shape index (κ1) is 23.9. The molecule has 5 aromatic rings. The highest BCUT2D eigenvalue weighted by Crippen LogP contribution is 2.34. The van der Waals surface area contributed by atoms with Crippen LogP contribution < -0.4 is 5.56 Å². The van der Waals surface area contributed by atoms with Crippen molar-refractivity contribution in [2.45, 2.75) is 37.6 Å². The van der Waals surface area contributed by atoms with Gasteiger partial charge < -0.3 is 9.15 Å². The number of carbonyl (C=O) groups is 1. The fourth-order valence-electron chi connectivity index (χ4n) is 4.34. The van der Waals surface area contributed by atoms with E-state index in [1.54, 1.807) is 17.6 Å². The lowest BCUT2D eigenvalue weighted by Gasteiger charge is -2.18. The largest absolute Gasteiger partial charge is 0.460 e. The summed E-state index contributed by atoms with van der Waals surface area (Å²) in [6.07, 6.45) is 0. The Labute approximate surface area is 212 Å². The van der Waals surface area contributed by atoms with Crippen LogP contribution >= 0.6 is 11.8 Å². The van der Waals surface area contributed by atoms with E-state index in [0.29, 0.717) is 27.4 Å². The molecule has 0 saturated carbocycles. The molecule has 0 fully saturated rings. The number of benzene rings is 3. The fraction of sp³-hybridized carbons (Fsp3) is 0.207. The highest BCUT2D eigenvalue weighted by molar-refractivity contribution is 7.98. The Morgan fingerprint density at radius 3 is 2.47 bits per heavy atom. The van der Waals surface area contributed by atoms with Gasteiger partial charge in [0, 0.05) is 16.7 Å². The number of para-hydroxylation sites is 3. The predicted octanol–water partition coefficient (Wildman–Crippen LogP) is 6.72. The van der Waals surface area contributed by atoms with Gasteiger partial charge in [-0.1, -0.05) is 74.1 Å². The molecule has 0 spiro atoms. The number of thioether (sulfide) groups is 1. The van der Waals surface area contributed by atoms with Crippen LogP contribution in [0.5, 0.6) is 0 Å². The molecule has 0 aliphatic carbocycles. The van der Waals surface area contributed by atoms with Crippen LogP contribution in [0.3, 0.4) is 0 Å². The van der Waals surface area contributed by atoms with E-state index in [2.05, 4.69) is 13.8 Å². The zero-order valence-electron chi connectivity index (χ0n) is 20.4. The van der Waals surface area contributed by atoms with Crippen LogP contribution in [-0.2, 0) is 10.5 Å². The minimum atomic E-state index is -0.502. The lowest BCUT2D eigenvalue weighted by molar-refractivity contribution is 0.0491. The standard InChI is InChI=1S/C29H26N2O4S/c1-4-34-28(33)26-22(20-12-7-10-16-25(20)35-26)17-36-29-30-23-14-8-5-13-21(23)27(32)31(29)24-15-9-6-11-19(24)18(2)3/h5-16,18H,4,17H2,1-3H3. The van der Waals surface area contributed by atoms with Gasteiger partial charge in [-0.2, -0.15) is 0 Å². The molecule has 0 saturated heterocycles. The summed E-state index contributed by atoms with van der Waals surface area (Å²) in [5.74, 6) is 0.270. The van der Waals surface area contributed by atoms with E-state index in [-0.39, 0.29) is 23.8 Å². The number of fused-ring (bicyclic) bond motifs is 2. The maximum Gasteiger partial charge on any atom is 0.374 e. The predicted molar refractivity (Wildman–Crippen MR) is 143 cm³/mol. The Morgan fingerprint density at radius 1 is 1.00 bits per heavy atom. The number of carbonyl (C=O) groups excluding carboxylic acids is 1. The van der Waals surface area contributed by atoms with Crippen LogP contribution in [0, 0.1) is 0 Å². The molecule has 0 amide bonds. The van der Waals surface area contributed by atoms with Crippen molar-refractivity contribution in [2.24, 2.45) is 0 Å². The summed E-state index contributed by atoms with van der Waals surface area (Å²) in [6, 6.07) is 22.8. The summed E-state index contributed by atoms with van der Waals surface area (Å²) >= 11 is 1.40. The molecule has 0 radical (unpaired) electrons. The van der Waals surface area contributed by atoms with Crippen LogP contribution in [0.25, 0.3) is 27.6 Å². The summed E-state index contributed by atoms with van der Waals surface area (Å²) in [6.45, 7) is 6.22. The van der Waals surface area contributed by atoms with Gasteiger partial charge in [0.1, 0.15) is 5.58 Å². The van der Waals surface area contributed by atoms with E-state index in [4.69, 9.17) is 14.1 Å². The first-order chi connectivity index (χ1) is 17.5. The lowest BCUT2D eigenvalue weighted by Crippen LogP contribution is -2.23. The Morgan fingerprint density at radius 2 is 1.69 bits per heavy atom. The van der Waals surface area contributed by atoms with Crippen LogP contribution in [0.4, 0.5) is 0 Å². The van der Waals surface area contributed by atoms with Gasteiger partial charge in [0.15, 0.2) is 5.16 Å². The quantitative estimate of drug-likeness (QED) is 0.141. The molecule has 7 heteroatoms. The first-order valence-corrected chi connectivity index (χ1v) is 12.9. The minimum Gasteiger partial charge on any atom is -0.460 e. The molecule has 6 nitrogen and oxygen atoms in total. The van der Waals surface area contributed by atoms with E-state index in [9.17, 15) is 9.59 Å². The Hall–Kier alpha value is -3.84. The molecule has 0 aliphatic rings. The molecule has 0 aliphatic heterocycles. The van der Waals surface area contributed by atoms with Crippen LogP contribution in [0.1, 0.15) is 48.4 Å². The molecule has 36 heavy (non-hydrogen) atoms. The third kappa shape index (κ3) is 4.31. The number of ether oxygens (including phenoxy) is 1. The average Bonchev–Trinajstić information content (AvgIpc) is 3.26. The van der Waals surface area contributed by atoms with Gasteiger partial charge in [0.05, 0.1) is 23.2 Å². The summed E-state index contributed by atoms with van der Waals surface area (Å²) < 4.78 is 12.8. The summed E-state index contributed by atoms with van der Waals surface area (Å²) in [5.41, 5.74) is 3.70. The highest BCUT2D eigenvalue weighted by atomic mass is 32.2. The average molecular weight is 499 g/mol. The van der Waals surface area contributed by atoms with Crippen molar-refractivity contribution in [1.82, 2.24) is 9.55 Å². The normalized spacial score (nSPS) is 11.4. The van der Waals surface area contributed by atoms with Crippen molar-refractivity contribution in [3.8, 4) is 5.69 Å². The number of esters is 1. The van der Waals surface area contributed by atoms with Gasteiger partial charge in [-0.25, -0.2) is 9.78 Å². The van der Waals surface area contributed by atoms with Crippen molar-refractivity contribution in [3.63, 3.8) is 0 Å². The second-order valence-electron chi connectivity index (χ2n) is 8.68. The molecule has 0 bridgehead atoms. The number of furan rings is 1. The zero-order chi connectivity index (χ0) is 25.2. The van der Waals surface area contributed by atoms with Gasteiger partial charge in [-0.15, -0.1) is 0 Å². The second kappa shape index (κ2) is 10.0. The van der Waals surface area contributed by atoms with Crippen molar-refractivity contribution in [1.29, 1.82) is 0 Å². The molecule has 5 rings (SSSR count). The van der Waals surface area contributed by atoms with Crippen molar-refractivity contribution >= 4 is 39.6 Å². The molecule has 2 aromatic heterocycles. The smallest absolute Gasteiger partial charge is 0.374 e. The van der Waals surface area contributed by atoms with Gasteiger partial charge >= 0.3 is 5.97 Å².